The molecular formula is C20H18BrN3O2. The van der Waals surface area contributed by atoms with Crippen LogP contribution in [0.5, 0.6) is 0 Å². The summed E-state index contributed by atoms with van der Waals surface area (Å²) >= 11 is 3.48. The Bertz CT molecular complexity index is 939. The molecule has 1 amide bonds. The number of likely N-dealkylation sites (tertiary alicyclic amines) is 1. The number of hydrogen-bond donors (Lipinski definition) is 0. The number of carbonyl (C=O) groups is 1. The van der Waals surface area contributed by atoms with Crippen molar-refractivity contribution in [2.24, 2.45) is 0 Å². The van der Waals surface area contributed by atoms with E-state index in [1.165, 1.54) is 0 Å². The maximum atomic E-state index is 13.0. The van der Waals surface area contributed by atoms with Crippen LogP contribution in [0.15, 0.2) is 57.4 Å². The topological polar surface area (TPSA) is 59.2 Å². The number of halogens is 1. The third-order valence-corrected chi connectivity index (χ3v) is 5.55. The van der Waals surface area contributed by atoms with Crippen LogP contribution >= 0.6 is 15.9 Å². The van der Waals surface area contributed by atoms with Crippen LogP contribution in [-0.2, 0) is 0 Å². The number of aryl methyl sites for hydroxylation is 1. The molecule has 2 heterocycles. The summed E-state index contributed by atoms with van der Waals surface area (Å²) in [4.78, 5) is 14.8. The fraction of sp³-hybridized carbons (Fsp3) is 0.250. The first-order valence-electron chi connectivity index (χ1n) is 8.59. The Balaban J connectivity index is 1.60. The highest BCUT2D eigenvalue weighted by atomic mass is 79.9. The quantitative estimate of drug-likeness (QED) is 0.621. The predicted molar refractivity (Wildman–Crippen MR) is 102 cm³/mol. The fourth-order valence-electron chi connectivity index (χ4n) is 3.28. The van der Waals surface area contributed by atoms with Gasteiger partial charge in [0.05, 0.1) is 0 Å². The number of amides is 1. The van der Waals surface area contributed by atoms with E-state index >= 15 is 0 Å². The van der Waals surface area contributed by atoms with Crippen molar-refractivity contribution in [2.45, 2.75) is 25.8 Å². The van der Waals surface area contributed by atoms with Crippen LogP contribution in [0.4, 0.5) is 0 Å². The molecule has 0 radical (unpaired) electrons. The van der Waals surface area contributed by atoms with Gasteiger partial charge in [-0.2, -0.15) is 0 Å². The first kappa shape index (κ1) is 17.0. The van der Waals surface area contributed by atoms with Crippen molar-refractivity contribution in [2.75, 3.05) is 6.54 Å². The Hall–Kier alpha value is -2.47. The molecule has 0 bridgehead atoms. The summed E-state index contributed by atoms with van der Waals surface area (Å²) < 4.78 is 6.89. The number of benzene rings is 2. The van der Waals surface area contributed by atoms with E-state index in [0.717, 1.165) is 28.4 Å². The van der Waals surface area contributed by atoms with Gasteiger partial charge >= 0.3 is 0 Å². The molecule has 4 rings (SSSR count). The van der Waals surface area contributed by atoms with Gasteiger partial charge in [0.25, 0.3) is 5.91 Å². The molecule has 132 valence electrons. The van der Waals surface area contributed by atoms with E-state index in [4.69, 9.17) is 4.42 Å². The van der Waals surface area contributed by atoms with E-state index in [1.54, 1.807) is 0 Å². The molecule has 0 saturated carbocycles. The third-order valence-electron chi connectivity index (χ3n) is 4.66. The van der Waals surface area contributed by atoms with Gasteiger partial charge in [0.1, 0.15) is 6.04 Å². The average molecular weight is 412 g/mol. The highest BCUT2D eigenvalue weighted by Crippen LogP contribution is 2.34. The van der Waals surface area contributed by atoms with Gasteiger partial charge in [-0.1, -0.05) is 34.1 Å². The van der Waals surface area contributed by atoms with Crippen molar-refractivity contribution in [1.82, 2.24) is 15.1 Å². The van der Waals surface area contributed by atoms with Gasteiger partial charge in [-0.15, -0.1) is 10.2 Å². The lowest BCUT2D eigenvalue weighted by Crippen LogP contribution is -2.30. The summed E-state index contributed by atoms with van der Waals surface area (Å²) in [5.41, 5.74) is 2.60. The second-order valence-corrected chi connectivity index (χ2v) is 7.29. The SMILES string of the molecule is Cc1cc(C(=O)N2CCCC2c2nnc(-c3ccccc3)o2)ccc1Br. The summed E-state index contributed by atoms with van der Waals surface area (Å²) in [5.74, 6) is 0.991. The zero-order valence-corrected chi connectivity index (χ0v) is 15.9. The van der Waals surface area contributed by atoms with E-state index in [9.17, 15) is 4.79 Å². The van der Waals surface area contributed by atoms with Crippen molar-refractivity contribution >= 4 is 21.8 Å². The maximum Gasteiger partial charge on any atom is 0.254 e. The minimum absolute atomic E-state index is 0.00237. The van der Waals surface area contributed by atoms with Crippen LogP contribution in [0.2, 0.25) is 0 Å². The maximum absolute atomic E-state index is 13.0. The molecule has 1 atom stereocenters. The summed E-state index contributed by atoms with van der Waals surface area (Å²) in [7, 11) is 0. The van der Waals surface area contributed by atoms with Crippen molar-refractivity contribution in [3.8, 4) is 11.5 Å². The Morgan fingerprint density at radius 1 is 1.19 bits per heavy atom. The van der Waals surface area contributed by atoms with Crippen molar-refractivity contribution in [3.05, 3.63) is 70.0 Å². The lowest BCUT2D eigenvalue weighted by molar-refractivity contribution is 0.0716. The van der Waals surface area contributed by atoms with Crippen LogP contribution in [-0.4, -0.2) is 27.5 Å². The minimum Gasteiger partial charge on any atom is -0.418 e. The minimum atomic E-state index is -0.170. The van der Waals surface area contributed by atoms with Crippen LogP contribution in [0.3, 0.4) is 0 Å². The highest BCUT2D eigenvalue weighted by Gasteiger charge is 2.34. The van der Waals surface area contributed by atoms with E-state index < -0.39 is 0 Å². The molecule has 1 aromatic heterocycles. The van der Waals surface area contributed by atoms with E-state index in [-0.39, 0.29) is 11.9 Å². The van der Waals surface area contributed by atoms with Crippen molar-refractivity contribution in [3.63, 3.8) is 0 Å². The first-order chi connectivity index (χ1) is 12.6. The molecule has 26 heavy (non-hydrogen) atoms. The molecule has 0 N–H and O–H groups in total. The Kier molecular flexibility index (Phi) is 4.59. The Morgan fingerprint density at radius 2 is 2.00 bits per heavy atom. The smallest absolute Gasteiger partial charge is 0.254 e. The Morgan fingerprint density at radius 3 is 2.77 bits per heavy atom. The lowest BCUT2D eigenvalue weighted by atomic mass is 10.1. The summed E-state index contributed by atoms with van der Waals surface area (Å²) in [6, 6.07) is 15.2. The highest BCUT2D eigenvalue weighted by molar-refractivity contribution is 9.10. The summed E-state index contributed by atoms with van der Waals surface area (Å²) in [6.45, 7) is 2.67. The molecule has 3 aromatic rings. The predicted octanol–water partition coefficient (Wildman–Crippen LogP) is 4.78. The largest absolute Gasteiger partial charge is 0.418 e. The van der Waals surface area contributed by atoms with Crippen LogP contribution in [0, 0.1) is 6.92 Å². The monoisotopic (exact) mass is 411 g/mol. The third kappa shape index (κ3) is 3.17. The van der Waals surface area contributed by atoms with Gasteiger partial charge < -0.3 is 9.32 Å². The molecule has 2 aromatic carbocycles. The molecule has 1 aliphatic rings. The van der Waals surface area contributed by atoms with Gasteiger partial charge in [-0.3, -0.25) is 4.79 Å². The number of carbonyl (C=O) groups excluding carboxylic acids is 1. The molecule has 1 saturated heterocycles. The zero-order valence-electron chi connectivity index (χ0n) is 14.4. The standard InChI is InChI=1S/C20H18BrN3O2/c1-13-12-15(9-10-16(13)21)20(25)24-11-5-8-17(24)19-23-22-18(26-19)14-6-3-2-4-7-14/h2-4,6-7,9-10,12,17H,5,8,11H2,1H3. The number of hydrogen-bond acceptors (Lipinski definition) is 4. The molecule has 1 fully saturated rings. The number of nitrogens with zero attached hydrogens (tertiary/aromatic N) is 3. The number of rotatable bonds is 3. The number of aromatic nitrogens is 2. The Labute approximate surface area is 160 Å². The lowest BCUT2D eigenvalue weighted by Gasteiger charge is -2.22. The van der Waals surface area contributed by atoms with Gasteiger partial charge in [-0.05, 0) is 55.7 Å². The van der Waals surface area contributed by atoms with Gasteiger partial charge in [-0.25, -0.2) is 0 Å². The molecule has 6 heteroatoms. The zero-order chi connectivity index (χ0) is 18.1. The van der Waals surface area contributed by atoms with E-state index in [2.05, 4.69) is 26.1 Å². The van der Waals surface area contributed by atoms with Crippen molar-refractivity contribution in [1.29, 1.82) is 0 Å². The van der Waals surface area contributed by atoms with Gasteiger partial charge in [0.15, 0.2) is 0 Å². The average Bonchev–Trinajstić information content (AvgIpc) is 3.33. The molecule has 0 aliphatic carbocycles. The van der Waals surface area contributed by atoms with Crippen LogP contribution < -0.4 is 0 Å². The molecular weight excluding hydrogens is 394 g/mol. The van der Waals surface area contributed by atoms with Crippen LogP contribution in [0.25, 0.3) is 11.5 Å². The van der Waals surface area contributed by atoms with Crippen molar-refractivity contribution < 1.29 is 9.21 Å². The summed E-state index contributed by atoms with van der Waals surface area (Å²) in [5, 5.41) is 8.38. The molecule has 0 spiro atoms. The molecule has 1 unspecified atom stereocenters. The second-order valence-electron chi connectivity index (χ2n) is 6.43. The van der Waals surface area contributed by atoms with E-state index in [0.29, 0.717) is 23.9 Å². The summed E-state index contributed by atoms with van der Waals surface area (Å²) in [6.07, 6.45) is 1.76. The normalized spacial score (nSPS) is 16.8. The molecule has 5 nitrogen and oxygen atoms in total. The van der Waals surface area contributed by atoms with E-state index in [1.807, 2.05) is 60.4 Å². The fourth-order valence-corrected chi connectivity index (χ4v) is 3.52. The molecule has 1 aliphatic heterocycles. The van der Waals surface area contributed by atoms with Gasteiger partial charge in [0, 0.05) is 22.1 Å². The second kappa shape index (κ2) is 7.03. The first-order valence-corrected chi connectivity index (χ1v) is 9.39. The van der Waals surface area contributed by atoms with Crippen LogP contribution in [0.1, 0.15) is 40.7 Å². The van der Waals surface area contributed by atoms with Gasteiger partial charge in [0.2, 0.25) is 11.8 Å².